The van der Waals surface area contributed by atoms with Crippen molar-refractivity contribution < 1.29 is 13.2 Å². The van der Waals surface area contributed by atoms with Crippen molar-refractivity contribution in [3.63, 3.8) is 0 Å². The molecule has 108 valence electrons. The van der Waals surface area contributed by atoms with E-state index in [1.807, 2.05) is 13.8 Å². The van der Waals surface area contributed by atoms with Crippen LogP contribution in [0.2, 0.25) is 0 Å². The van der Waals surface area contributed by atoms with Crippen molar-refractivity contribution in [2.75, 3.05) is 6.54 Å². The van der Waals surface area contributed by atoms with Crippen molar-refractivity contribution in [1.29, 1.82) is 0 Å². The Labute approximate surface area is 111 Å². The zero-order valence-corrected chi connectivity index (χ0v) is 11.6. The number of alkyl halides is 3. The van der Waals surface area contributed by atoms with E-state index in [1.165, 1.54) is 0 Å². The number of rotatable bonds is 6. The molecule has 0 radical (unpaired) electrons. The molecule has 3 nitrogen and oxygen atoms in total. The van der Waals surface area contributed by atoms with E-state index in [1.54, 1.807) is 0 Å². The van der Waals surface area contributed by atoms with Crippen LogP contribution in [0.5, 0.6) is 0 Å². The highest BCUT2D eigenvalue weighted by Gasteiger charge is 2.27. The molecule has 1 rings (SSSR count). The van der Waals surface area contributed by atoms with Crippen molar-refractivity contribution in [1.82, 2.24) is 15.3 Å². The second-order valence-corrected chi connectivity index (χ2v) is 4.58. The minimum atomic E-state index is -4.16. The van der Waals surface area contributed by atoms with Gasteiger partial charge in [0.1, 0.15) is 5.82 Å². The van der Waals surface area contributed by atoms with Crippen LogP contribution in [0, 0.1) is 13.8 Å². The van der Waals surface area contributed by atoms with E-state index in [-0.39, 0.29) is 12.2 Å². The minimum Gasteiger partial charge on any atom is -0.313 e. The Morgan fingerprint density at radius 3 is 2.16 bits per heavy atom. The first kappa shape index (κ1) is 15.9. The third kappa shape index (κ3) is 5.55. The maximum Gasteiger partial charge on any atom is 0.389 e. The molecule has 0 saturated heterocycles. The van der Waals surface area contributed by atoms with Gasteiger partial charge in [0.05, 0.1) is 6.42 Å². The van der Waals surface area contributed by atoms with E-state index in [2.05, 4.69) is 22.2 Å². The van der Waals surface area contributed by atoms with Gasteiger partial charge in [0.15, 0.2) is 0 Å². The second-order valence-electron chi connectivity index (χ2n) is 4.58. The molecule has 0 aliphatic rings. The summed E-state index contributed by atoms with van der Waals surface area (Å²) in [6, 6.07) is 0. The average molecular weight is 275 g/mol. The lowest BCUT2D eigenvalue weighted by molar-refractivity contribution is -0.134. The van der Waals surface area contributed by atoms with Crippen LogP contribution in [0.1, 0.15) is 42.5 Å². The van der Waals surface area contributed by atoms with Gasteiger partial charge >= 0.3 is 6.18 Å². The maximum absolute atomic E-state index is 12.2. The van der Waals surface area contributed by atoms with Gasteiger partial charge in [-0.2, -0.15) is 13.2 Å². The predicted octanol–water partition coefficient (Wildman–Crippen LogP) is 3.09. The van der Waals surface area contributed by atoms with Crippen LogP contribution in [0.3, 0.4) is 0 Å². The van der Waals surface area contributed by atoms with Crippen molar-refractivity contribution in [2.24, 2.45) is 0 Å². The fraction of sp³-hybridized carbons (Fsp3) is 0.692. The van der Waals surface area contributed by atoms with Gasteiger partial charge in [-0.15, -0.1) is 0 Å². The zero-order valence-electron chi connectivity index (χ0n) is 11.6. The van der Waals surface area contributed by atoms with Gasteiger partial charge in [-0.3, -0.25) is 0 Å². The molecule has 0 aliphatic heterocycles. The molecule has 1 aromatic heterocycles. The second kappa shape index (κ2) is 6.84. The van der Waals surface area contributed by atoms with Crippen LogP contribution in [0.25, 0.3) is 0 Å². The molecule has 0 atom stereocenters. The Kier molecular flexibility index (Phi) is 5.72. The first-order valence-electron chi connectivity index (χ1n) is 6.44. The summed E-state index contributed by atoms with van der Waals surface area (Å²) in [5.74, 6) is 0.270. The summed E-state index contributed by atoms with van der Waals surface area (Å²) in [6.45, 7) is 7.26. The van der Waals surface area contributed by atoms with Crippen molar-refractivity contribution in [3.05, 3.63) is 22.8 Å². The highest BCUT2D eigenvalue weighted by molar-refractivity contribution is 5.24. The highest BCUT2D eigenvalue weighted by atomic mass is 19.4. The quantitative estimate of drug-likeness (QED) is 0.811. The molecular formula is C13H20F3N3. The van der Waals surface area contributed by atoms with E-state index in [4.69, 9.17) is 0 Å². The van der Waals surface area contributed by atoms with Crippen molar-refractivity contribution in [2.45, 2.75) is 52.8 Å². The topological polar surface area (TPSA) is 37.8 Å². The standard InChI is InChI=1S/C13H20F3N3/c1-4-7-17-8-11-9(2)18-12(19-10(11)3)5-6-13(14,15)16/h17H,4-8H2,1-3H3. The number of halogens is 3. The lowest BCUT2D eigenvalue weighted by atomic mass is 10.1. The summed E-state index contributed by atoms with van der Waals surface area (Å²) >= 11 is 0. The average Bonchev–Trinajstić information content (AvgIpc) is 2.29. The molecule has 0 aliphatic carbocycles. The molecule has 0 aromatic carbocycles. The number of hydrogen-bond acceptors (Lipinski definition) is 3. The smallest absolute Gasteiger partial charge is 0.313 e. The molecular weight excluding hydrogens is 255 g/mol. The molecule has 0 saturated carbocycles. The number of hydrogen-bond donors (Lipinski definition) is 1. The lowest BCUT2D eigenvalue weighted by Crippen LogP contribution is -2.18. The summed E-state index contributed by atoms with van der Waals surface area (Å²) in [5.41, 5.74) is 2.49. The molecule has 0 unspecified atom stereocenters. The number of nitrogens with zero attached hydrogens (tertiary/aromatic N) is 2. The molecule has 1 aromatic rings. The number of nitrogens with one attached hydrogen (secondary N) is 1. The summed E-state index contributed by atoms with van der Waals surface area (Å²) in [5, 5.41) is 3.25. The van der Waals surface area contributed by atoms with E-state index >= 15 is 0 Å². The Morgan fingerprint density at radius 1 is 1.11 bits per heavy atom. The monoisotopic (exact) mass is 275 g/mol. The van der Waals surface area contributed by atoms with Gasteiger partial charge in [0.25, 0.3) is 0 Å². The summed E-state index contributed by atoms with van der Waals surface area (Å²) in [7, 11) is 0. The summed E-state index contributed by atoms with van der Waals surface area (Å²) < 4.78 is 36.5. The fourth-order valence-corrected chi connectivity index (χ4v) is 1.82. The SMILES string of the molecule is CCCNCc1c(C)nc(CCC(F)(F)F)nc1C. The highest BCUT2D eigenvalue weighted by Crippen LogP contribution is 2.21. The molecule has 1 heterocycles. The number of aryl methyl sites for hydroxylation is 3. The minimum absolute atomic E-state index is 0.159. The van der Waals surface area contributed by atoms with Gasteiger partial charge in [0, 0.05) is 29.9 Å². The predicted molar refractivity (Wildman–Crippen MR) is 67.9 cm³/mol. The van der Waals surface area contributed by atoms with Crippen LogP contribution in [0.4, 0.5) is 13.2 Å². The largest absolute Gasteiger partial charge is 0.389 e. The maximum atomic E-state index is 12.2. The fourth-order valence-electron chi connectivity index (χ4n) is 1.82. The van der Waals surface area contributed by atoms with Gasteiger partial charge in [-0.1, -0.05) is 6.92 Å². The molecule has 0 bridgehead atoms. The van der Waals surface area contributed by atoms with Gasteiger partial charge in [0.2, 0.25) is 0 Å². The lowest BCUT2D eigenvalue weighted by Gasteiger charge is -2.12. The third-order valence-corrected chi connectivity index (χ3v) is 2.83. The van der Waals surface area contributed by atoms with Crippen LogP contribution < -0.4 is 5.32 Å². The third-order valence-electron chi connectivity index (χ3n) is 2.83. The Bertz CT molecular complexity index is 393. The van der Waals surface area contributed by atoms with Crippen LogP contribution >= 0.6 is 0 Å². The first-order chi connectivity index (χ1) is 8.83. The summed E-state index contributed by atoms with van der Waals surface area (Å²) in [4.78, 5) is 8.33. The van der Waals surface area contributed by atoms with Gasteiger partial charge < -0.3 is 5.32 Å². The first-order valence-corrected chi connectivity index (χ1v) is 6.44. The van der Waals surface area contributed by atoms with E-state index in [0.717, 1.165) is 29.9 Å². The molecule has 1 N–H and O–H groups in total. The van der Waals surface area contributed by atoms with Crippen molar-refractivity contribution >= 4 is 0 Å². The van der Waals surface area contributed by atoms with Gasteiger partial charge in [-0.05, 0) is 26.8 Å². The molecule has 19 heavy (non-hydrogen) atoms. The van der Waals surface area contributed by atoms with E-state index in [9.17, 15) is 13.2 Å². The van der Waals surface area contributed by atoms with Crippen molar-refractivity contribution in [3.8, 4) is 0 Å². The van der Waals surface area contributed by atoms with Crippen LogP contribution in [-0.2, 0) is 13.0 Å². The summed E-state index contributed by atoms with van der Waals surface area (Å²) in [6.07, 6.45) is -4.16. The molecule has 0 fully saturated rings. The molecule has 6 heteroatoms. The van der Waals surface area contributed by atoms with Crippen LogP contribution in [-0.4, -0.2) is 22.7 Å². The molecule has 0 amide bonds. The van der Waals surface area contributed by atoms with Crippen LogP contribution in [0.15, 0.2) is 0 Å². The van der Waals surface area contributed by atoms with Gasteiger partial charge in [-0.25, -0.2) is 9.97 Å². The molecule has 0 spiro atoms. The van der Waals surface area contributed by atoms with E-state index < -0.39 is 12.6 Å². The normalized spacial score (nSPS) is 11.9. The van der Waals surface area contributed by atoms with E-state index in [0.29, 0.717) is 6.54 Å². The zero-order chi connectivity index (χ0) is 14.5. The Morgan fingerprint density at radius 2 is 1.68 bits per heavy atom. The Balaban J connectivity index is 2.73. The Hall–Kier alpha value is -1.17. The number of aromatic nitrogens is 2.